The Morgan fingerprint density at radius 3 is 2.53 bits per heavy atom. The third-order valence-electron chi connectivity index (χ3n) is 4.50. The molecule has 0 aliphatic heterocycles. The van der Waals surface area contributed by atoms with Gasteiger partial charge in [0.1, 0.15) is 28.7 Å². The van der Waals surface area contributed by atoms with Crippen molar-refractivity contribution < 1.29 is 19.4 Å². The maximum atomic E-state index is 12.6. The smallest absolute Gasteiger partial charge is 0.279 e. The van der Waals surface area contributed by atoms with Gasteiger partial charge in [-0.2, -0.15) is 4.99 Å². The second-order valence-electron chi connectivity index (χ2n) is 6.88. The molecule has 0 unspecified atom stereocenters. The number of nitrogens with zero attached hydrogens (tertiary/aromatic N) is 1. The first-order valence-electron chi connectivity index (χ1n) is 9.46. The SMILES string of the molecule is CN/C=C\C(N)=NC(=O)c1cc(Oc2ccc(SC)cc2)cc(OC2(CO)CC2)c1. The van der Waals surface area contributed by atoms with Crippen molar-refractivity contribution in [2.45, 2.75) is 23.3 Å². The molecule has 1 saturated carbocycles. The van der Waals surface area contributed by atoms with Crippen LogP contribution in [0.5, 0.6) is 17.2 Å². The highest BCUT2D eigenvalue weighted by atomic mass is 32.2. The Balaban J connectivity index is 1.89. The number of hydrogen-bond acceptors (Lipinski definition) is 6. The van der Waals surface area contributed by atoms with Crippen LogP contribution in [0.2, 0.25) is 0 Å². The summed E-state index contributed by atoms with van der Waals surface area (Å²) in [7, 11) is 1.72. The Kier molecular flexibility index (Phi) is 7.02. The molecular weight excluding hydrogens is 402 g/mol. The van der Waals surface area contributed by atoms with Gasteiger partial charge < -0.3 is 25.6 Å². The van der Waals surface area contributed by atoms with Gasteiger partial charge >= 0.3 is 0 Å². The van der Waals surface area contributed by atoms with E-state index in [1.165, 1.54) is 6.08 Å². The van der Waals surface area contributed by atoms with Gasteiger partial charge in [-0.05, 0) is 67.8 Å². The van der Waals surface area contributed by atoms with Crippen LogP contribution in [0.4, 0.5) is 0 Å². The molecule has 0 atom stereocenters. The number of amides is 1. The Bertz CT molecular complexity index is 953. The number of ether oxygens (including phenoxy) is 2. The molecule has 0 spiro atoms. The molecule has 0 aromatic heterocycles. The molecule has 7 nitrogen and oxygen atoms in total. The molecule has 1 amide bonds. The maximum absolute atomic E-state index is 12.6. The predicted octanol–water partition coefficient (Wildman–Crippen LogP) is 3.34. The average Bonchev–Trinajstić information content (AvgIpc) is 3.52. The number of amidine groups is 1. The molecule has 3 rings (SSSR count). The first-order valence-corrected chi connectivity index (χ1v) is 10.7. The zero-order valence-corrected chi connectivity index (χ0v) is 17.7. The number of hydrogen-bond donors (Lipinski definition) is 3. The quantitative estimate of drug-likeness (QED) is 0.320. The van der Waals surface area contributed by atoms with Crippen molar-refractivity contribution in [3.8, 4) is 17.2 Å². The van der Waals surface area contributed by atoms with Gasteiger partial charge in [0, 0.05) is 23.6 Å². The molecule has 1 aliphatic carbocycles. The number of aliphatic imine (C=N–C) groups is 1. The van der Waals surface area contributed by atoms with Crippen LogP contribution in [-0.2, 0) is 0 Å². The van der Waals surface area contributed by atoms with E-state index in [9.17, 15) is 9.90 Å². The first-order chi connectivity index (χ1) is 14.5. The van der Waals surface area contributed by atoms with Crippen molar-refractivity contribution in [1.82, 2.24) is 5.32 Å². The molecular formula is C22H25N3O4S. The first kappa shape index (κ1) is 21.7. The molecule has 0 heterocycles. The predicted molar refractivity (Wildman–Crippen MR) is 119 cm³/mol. The highest BCUT2D eigenvalue weighted by Gasteiger charge is 2.45. The van der Waals surface area contributed by atoms with E-state index in [-0.39, 0.29) is 18.0 Å². The molecule has 2 aromatic carbocycles. The van der Waals surface area contributed by atoms with Crippen LogP contribution < -0.4 is 20.5 Å². The second-order valence-corrected chi connectivity index (χ2v) is 7.76. The number of rotatable bonds is 9. The minimum Gasteiger partial charge on any atom is -0.485 e. The van der Waals surface area contributed by atoms with Gasteiger partial charge in [0.05, 0.1) is 6.61 Å². The van der Waals surface area contributed by atoms with Gasteiger partial charge in [0.15, 0.2) is 0 Å². The van der Waals surface area contributed by atoms with E-state index >= 15 is 0 Å². The minimum absolute atomic E-state index is 0.0739. The molecule has 0 radical (unpaired) electrons. The van der Waals surface area contributed by atoms with Crippen LogP contribution in [0, 0.1) is 0 Å². The molecule has 30 heavy (non-hydrogen) atoms. The van der Waals surface area contributed by atoms with Crippen LogP contribution in [0.25, 0.3) is 0 Å². The van der Waals surface area contributed by atoms with Gasteiger partial charge in [-0.3, -0.25) is 4.79 Å². The van der Waals surface area contributed by atoms with E-state index in [0.717, 1.165) is 17.7 Å². The van der Waals surface area contributed by atoms with E-state index in [0.29, 0.717) is 17.2 Å². The highest BCUT2D eigenvalue weighted by Crippen LogP contribution is 2.41. The number of carbonyl (C=O) groups is 1. The summed E-state index contributed by atoms with van der Waals surface area (Å²) in [5, 5.41) is 12.4. The summed E-state index contributed by atoms with van der Waals surface area (Å²) in [5.74, 6) is 1.05. The number of carbonyl (C=O) groups excluding carboxylic acids is 1. The molecule has 158 valence electrons. The second kappa shape index (κ2) is 9.69. The van der Waals surface area contributed by atoms with Crippen LogP contribution in [0.3, 0.4) is 0 Å². The minimum atomic E-state index is -0.587. The van der Waals surface area contributed by atoms with Crippen molar-refractivity contribution in [3.63, 3.8) is 0 Å². The van der Waals surface area contributed by atoms with Crippen LogP contribution >= 0.6 is 11.8 Å². The molecule has 0 saturated heterocycles. The van der Waals surface area contributed by atoms with E-state index in [2.05, 4.69) is 10.3 Å². The number of aliphatic hydroxyl groups excluding tert-OH is 1. The average molecular weight is 428 g/mol. The monoisotopic (exact) mass is 427 g/mol. The van der Waals surface area contributed by atoms with Crippen molar-refractivity contribution in [3.05, 3.63) is 60.3 Å². The summed E-state index contributed by atoms with van der Waals surface area (Å²) >= 11 is 1.64. The van der Waals surface area contributed by atoms with E-state index in [1.807, 2.05) is 30.5 Å². The lowest BCUT2D eigenvalue weighted by molar-refractivity contribution is 0.0942. The van der Waals surface area contributed by atoms with E-state index in [4.69, 9.17) is 15.2 Å². The van der Waals surface area contributed by atoms with E-state index < -0.39 is 11.5 Å². The van der Waals surface area contributed by atoms with Crippen molar-refractivity contribution in [2.75, 3.05) is 19.9 Å². The largest absolute Gasteiger partial charge is 0.485 e. The van der Waals surface area contributed by atoms with Crippen molar-refractivity contribution >= 4 is 23.5 Å². The Labute approximate surface area is 180 Å². The van der Waals surface area contributed by atoms with Gasteiger partial charge in [0.2, 0.25) is 0 Å². The van der Waals surface area contributed by atoms with Gasteiger partial charge in [-0.15, -0.1) is 11.8 Å². The fraction of sp³-hybridized carbons (Fsp3) is 0.273. The summed E-state index contributed by atoms with van der Waals surface area (Å²) in [4.78, 5) is 17.6. The summed E-state index contributed by atoms with van der Waals surface area (Å²) in [5.41, 5.74) is 5.45. The fourth-order valence-electron chi connectivity index (χ4n) is 2.66. The fourth-order valence-corrected chi connectivity index (χ4v) is 3.07. The number of aliphatic hydroxyl groups is 1. The molecule has 0 bridgehead atoms. The molecule has 8 heteroatoms. The zero-order valence-electron chi connectivity index (χ0n) is 16.9. The van der Waals surface area contributed by atoms with Gasteiger partial charge in [-0.1, -0.05) is 0 Å². The Morgan fingerprint density at radius 2 is 1.93 bits per heavy atom. The lowest BCUT2D eigenvalue weighted by Crippen LogP contribution is -2.22. The van der Waals surface area contributed by atoms with Crippen LogP contribution in [0.15, 0.2) is 64.6 Å². The standard InChI is InChI=1S/C22H25N3O4S/c1-24-10-7-20(23)25-21(27)15-11-17(28-16-3-5-19(30-2)6-4-16)13-18(12-15)29-22(14-26)8-9-22/h3-7,10-13,24,26H,8-9,14H2,1-2H3,(H2,23,25,27)/b10-7-. The van der Waals surface area contributed by atoms with Gasteiger partial charge in [-0.25, -0.2) is 0 Å². The maximum Gasteiger partial charge on any atom is 0.279 e. The van der Waals surface area contributed by atoms with Crippen LogP contribution in [-0.4, -0.2) is 42.4 Å². The topological polar surface area (TPSA) is 106 Å². The summed E-state index contributed by atoms with van der Waals surface area (Å²) in [6, 6.07) is 12.5. The molecule has 2 aromatic rings. The molecule has 4 N–H and O–H groups in total. The summed E-state index contributed by atoms with van der Waals surface area (Å²) in [6.45, 7) is -0.0859. The number of nitrogens with one attached hydrogen (secondary N) is 1. The Morgan fingerprint density at radius 1 is 1.23 bits per heavy atom. The lowest BCUT2D eigenvalue weighted by Gasteiger charge is -2.17. The number of nitrogens with two attached hydrogens (primary N) is 1. The van der Waals surface area contributed by atoms with Crippen molar-refractivity contribution in [2.24, 2.45) is 10.7 Å². The normalized spacial score (nSPS) is 15.1. The molecule has 1 fully saturated rings. The van der Waals surface area contributed by atoms with Gasteiger partial charge in [0.25, 0.3) is 5.91 Å². The number of benzene rings is 2. The number of thioether (sulfide) groups is 1. The highest BCUT2D eigenvalue weighted by molar-refractivity contribution is 7.98. The molecule has 1 aliphatic rings. The third kappa shape index (κ3) is 5.77. The zero-order chi connectivity index (χ0) is 21.6. The van der Waals surface area contributed by atoms with Crippen molar-refractivity contribution in [1.29, 1.82) is 0 Å². The third-order valence-corrected chi connectivity index (χ3v) is 5.25. The van der Waals surface area contributed by atoms with E-state index in [1.54, 1.807) is 43.2 Å². The summed E-state index contributed by atoms with van der Waals surface area (Å²) in [6.07, 6.45) is 6.59. The Hall–Kier alpha value is -2.97. The summed E-state index contributed by atoms with van der Waals surface area (Å²) < 4.78 is 11.9. The van der Waals surface area contributed by atoms with Crippen LogP contribution in [0.1, 0.15) is 23.2 Å². The lowest BCUT2D eigenvalue weighted by atomic mass is 10.2.